The van der Waals surface area contributed by atoms with E-state index in [0.717, 1.165) is 30.7 Å². The molecule has 1 aromatic rings. The number of ether oxygens (including phenoxy) is 2. The lowest BCUT2D eigenvalue weighted by Crippen LogP contribution is -2.23. The summed E-state index contributed by atoms with van der Waals surface area (Å²) >= 11 is 0. The molecule has 0 aliphatic carbocycles. The molecule has 0 saturated carbocycles. The summed E-state index contributed by atoms with van der Waals surface area (Å²) in [6.07, 6.45) is 3.23. The standard InChI is InChI=1S/C15H21NO3/c1-13(14-7-3-2-4-8-14)16-19-12-11-18-15-9-5-6-10-17-15/h2-4,7-8,15H,5-6,9-12H2,1H3. The minimum atomic E-state index is -0.0588. The molecule has 0 bridgehead atoms. The summed E-state index contributed by atoms with van der Waals surface area (Å²) in [5.74, 6) is 0. The van der Waals surface area contributed by atoms with Crippen LogP contribution in [-0.2, 0) is 14.3 Å². The first-order valence-corrected chi connectivity index (χ1v) is 6.81. The van der Waals surface area contributed by atoms with E-state index in [-0.39, 0.29) is 6.29 Å². The maximum absolute atomic E-state index is 5.55. The third kappa shape index (κ3) is 5.01. The summed E-state index contributed by atoms with van der Waals surface area (Å²) in [4.78, 5) is 5.25. The summed E-state index contributed by atoms with van der Waals surface area (Å²) in [5.41, 5.74) is 1.94. The highest BCUT2D eigenvalue weighted by Crippen LogP contribution is 2.13. The first-order chi connectivity index (χ1) is 9.36. The fourth-order valence-electron chi connectivity index (χ4n) is 1.93. The zero-order valence-corrected chi connectivity index (χ0v) is 11.4. The van der Waals surface area contributed by atoms with Gasteiger partial charge in [-0.05, 0) is 31.7 Å². The molecule has 0 amide bonds. The van der Waals surface area contributed by atoms with Crippen molar-refractivity contribution < 1.29 is 14.3 Å². The molecule has 1 saturated heterocycles. The molecule has 1 heterocycles. The SMILES string of the molecule is CC(=NOCCOC1CCCCO1)c1ccccc1. The molecule has 1 fully saturated rings. The van der Waals surface area contributed by atoms with Gasteiger partial charge in [0.2, 0.25) is 0 Å². The van der Waals surface area contributed by atoms with E-state index in [0.29, 0.717) is 13.2 Å². The smallest absolute Gasteiger partial charge is 0.157 e. The van der Waals surface area contributed by atoms with Crippen molar-refractivity contribution in [1.82, 2.24) is 0 Å². The van der Waals surface area contributed by atoms with Gasteiger partial charge in [-0.3, -0.25) is 0 Å². The fourth-order valence-corrected chi connectivity index (χ4v) is 1.93. The zero-order valence-electron chi connectivity index (χ0n) is 11.4. The molecule has 2 rings (SSSR count). The molecule has 0 spiro atoms. The quantitative estimate of drug-likeness (QED) is 0.450. The normalized spacial score (nSPS) is 20.3. The summed E-state index contributed by atoms with van der Waals surface area (Å²) in [5, 5.41) is 4.07. The van der Waals surface area contributed by atoms with Crippen LogP contribution < -0.4 is 0 Å². The van der Waals surface area contributed by atoms with E-state index in [2.05, 4.69) is 5.16 Å². The second kappa shape index (κ2) is 7.92. The van der Waals surface area contributed by atoms with Crippen LogP contribution in [0, 0.1) is 0 Å². The average Bonchev–Trinajstić information content (AvgIpc) is 2.49. The van der Waals surface area contributed by atoms with Crippen LogP contribution >= 0.6 is 0 Å². The molecule has 19 heavy (non-hydrogen) atoms. The molecule has 4 heteroatoms. The Labute approximate surface area is 114 Å². The first-order valence-electron chi connectivity index (χ1n) is 6.81. The van der Waals surface area contributed by atoms with E-state index in [4.69, 9.17) is 14.3 Å². The first kappa shape index (κ1) is 14.0. The van der Waals surface area contributed by atoms with E-state index in [1.807, 2.05) is 37.3 Å². The van der Waals surface area contributed by atoms with Crippen LogP contribution in [0.4, 0.5) is 0 Å². The van der Waals surface area contributed by atoms with E-state index >= 15 is 0 Å². The molecular formula is C15H21NO3. The highest BCUT2D eigenvalue weighted by Gasteiger charge is 2.13. The van der Waals surface area contributed by atoms with Gasteiger partial charge in [-0.2, -0.15) is 0 Å². The number of hydrogen-bond donors (Lipinski definition) is 0. The molecule has 4 nitrogen and oxygen atoms in total. The molecule has 0 radical (unpaired) electrons. The molecule has 0 aromatic heterocycles. The Morgan fingerprint density at radius 3 is 2.84 bits per heavy atom. The maximum Gasteiger partial charge on any atom is 0.157 e. The van der Waals surface area contributed by atoms with E-state index in [9.17, 15) is 0 Å². The second-order valence-electron chi connectivity index (χ2n) is 4.54. The minimum absolute atomic E-state index is 0.0588. The number of nitrogens with zero attached hydrogens (tertiary/aromatic N) is 1. The number of rotatable bonds is 6. The largest absolute Gasteiger partial charge is 0.393 e. The van der Waals surface area contributed by atoms with Gasteiger partial charge < -0.3 is 14.3 Å². The predicted molar refractivity (Wildman–Crippen MR) is 74.1 cm³/mol. The number of benzene rings is 1. The molecule has 1 atom stereocenters. The Morgan fingerprint density at radius 2 is 2.11 bits per heavy atom. The van der Waals surface area contributed by atoms with Crippen molar-refractivity contribution in [2.24, 2.45) is 5.16 Å². The maximum atomic E-state index is 5.55. The Kier molecular flexibility index (Phi) is 5.85. The Balaban J connectivity index is 1.63. The lowest BCUT2D eigenvalue weighted by molar-refractivity contribution is -0.169. The van der Waals surface area contributed by atoms with Crippen LogP contribution in [-0.4, -0.2) is 31.8 Å². The molecule has 1 aliphatic heterocycles. The predicted octanol–water partition coefficient (Wildman–Crippen LogP) is 2.97. The van der Waals surface area contributed by atoms with Gasteiger partial charge in [0.15, 0.2) is 6.29 Å². The molecule has 0 N–H and O–H groups in total. The molecule has 1 aliphatic rings. The van der Waals surface area contributed by atoms with Gasteiger partial charge in [0.1, 0.15) is 6.61 Å². The van der Waals surface area contributed by atoms with E-state index in [1.54, 1.807) is 0 Å². The van der Waals surface area contributed by atoms with E-state index in [1.165, 1.54) is 6.42 Å². The molecule has 1 aromatic carbocycles. The van der Waals surface area contributed by atoms with Crippen LogP contribution in [0.25, 0.3) is 0 Å². The summed E-state index contributed by atoms with van der Waals surface area (Å²) in [6.45, 7) is 3.69. The minimum Gasteiger partial charge on any atom is -0.393 e. The third-order valence-electron chi connectivity index (χ3n) is 3.01. The van der Waals surface area contributed by atoms with Crippen molar-refractivity contribution in [1.29, 1.82) is 0 Å². The van der Waals surface area contributed by atoms with Crippen molar-refractivity contribution >= 4 is 5.71 Å². The summed E-state index contributed by atoms with van der Waals surface area (Å²) < 4.78 is 11.0. The third-order valence-corrected chi connectivity index (χ3v) is 3.01. The highest BCUT2D eigenvalue weighted by molar-refractivity contribution is 5.98. The van der Waals surface area contributed by atoms with Gasteiger partial charge in [0.25, 0.3) is 0 Å². The van der Waals surface area contributed by atoms with Crippen molar-refractivity contribution in [3.63, 3.8) is 0 Å². The van der Waals surface area contributed by atoms with Crippen LogP contribution in [0.1, 0.15) is 31.7 Å². The van der Waals surface area contributed by atoms with Gasteiger partial charge in [-0.25, -0.2) is 0 Å². The van der Waals surface area contributed by atoms with Crippen LogP contribution in [0.5, 0.6) is 0 Å². The lowest BCUT2D eigenvalue weighted by atomic mass is 10.1. The van der Waals surface area contributed by atoms with Gasteiger partial charge >= 0.3 is 0 Å². The summed E-state index contributed by atoms with van der Waals surface area (Å²) in [6, 6.07) is 9.97. The van der Waals surface area contributed by atoms with Gasteiger partial charge in [-0.1, -0.05) is 35.5 Å². The Morgan fingerprint density at radius 1 is 1.26 bits per heavy atom. The molecular weight excluding hydrogens is 242 g/mol. The van der Waals surface area contributed by atoms with Gasteiger partial charge in [-0.15, -0.1) is 0 Å². The van der Waals surface area contributed by atoms with Crippen molar-refractivity contribution in [2.75, 3.05) is 19.8 Å². The topological polar surface area (TPSA) is 40.0 Å². The zero-order chi connectivity index (χ0) is 13.3. The van der Waals surface area contributed by atoms with Gasteiger partial charge in [0, 0.05) is 6.61 Å². The fraction of sp³-hybridized carbons (Fsp3) is 0.533. The lowest BCUT2D eigenvalue weighted by Gasteiger charge is -2.22. The number of hydrogen-bond acceptors (Lipinski definition) is 4. The summed E-state index contributed by atoms with van der Waals surface area (Å²) in [7, 11) is 0. The number of oxime groups is 1. The van der Waals surface area contributed by atoms with Crippen LogP contribution in [0.3, 0.4) is 0 Å². The molecule has 1 unspecified atom stereocenters. The van der Waals surface area contributed by atoms with Crippen molar-refractivity contribution in [3.8, 4) is 0 Å². The monoisotopic (exact) mass is 263 g/mol. The average molecular weight is 263 g/mol. The van der Waals surface area contributed by atoms with Crippen molar-refractivity contribution in [2.45, 2.75) is 32.5 Å². The Bertz CT molecular complexity index is 386. The van der Waals surface area contributed by atoms with Gasteiger partial charge in [0.05, 0.1) is 12.3 Å². The highest BCUT2D eigenvalue weighted by atomic mass is 16.7. The second-order valence-corrected chi connectivity index (χ2v) is 4.54. The van der Waals surface area contributed by atoms with Crippen LogP contribution in [0.2, 0.25) is 0 Å². The van der Waals surface area contributed by atoms with Crippen molar-refractivity contribution in [3.05, 3.63) is 35.9 Å². The molecule has 104 valence electrons. The Hall–Kier alpha value is -1.39. The van der Waals surface area contributed by atoms with Crippen LogP contribution in [0.15, 0.2) is 35.5 Å². The van der Waals surface area contributed by atoms with E-state index < -0.39 is 0 Å².